The summed E-state index contributed by atoms with van der Waals surface area (Å²) in [5.41, 5.74) is 2.24. The van der Waals surface area contributed by atoms with Crippen molar-refractivity contribution in [2.24, 2.45) is 0 Å². The van der Waals surface area contributed by atoms with Crippen molar-refractivity contribution in [1.29, 1.82) is 0 Å². The van der Waals surface area contributed by atoms with E-state index < -0.39 is 0 Å². The Morgan fingerprint density at radius 3 is 3.06 bits per heavy atom. The van der Waals surface area contributed by atoms with Crippen molar-refractivity contribution >= 4 is 11.0 Å². The van der Waals surface area contributed by atoms with Gasteiger partial charge in [0.05, 0.1) is 6.26 Å². The predicted molar refractivity (Wildman–Crippen MR) is 69.8 cm³/mol. The lowest BCUT2D eigenvalue weighted by atomic mass is 10.0. The average molecular weight is 227 g/mol. The van der Waals surface area contributed by atoms with Gasteiger partial charge >= 0.3 is 0 Å². The molecule has 1 aromatic carbocycles. The minimum Gasteiger partial charge on any atom is -0.464 e. The SMILES string of the molecule is C1=CCC(NCc2coc3ccccc23)CC1. The van der Waals surface area contributed by atoms with Crippen molar-refractivity contribution in [3.8, 4) is 0 Å². The largest absolute Gasteiger partial charge is 0.464 e. The van der Waals surface area contributed by atoms with E-state index in [1.54, 1.807) is 0 Å². The first-order chi connectivity index (χ1) is 8.43. The van der Waals surface area contributed by atoms with E-state index in [2.05, 4.69) is 29.6 Å². The van der Waals surface area contributed by atoms with Crippen molar-refractivity contribution in [3.05, 3.63) is 48.2 Å². The molecular formula is C15H17NO. The van der Waals surface area contributed by atoms with Gasteiger partial charge in [-0.15, -0.1) is 0 Å². The number of hydrogen-bond acceptors (Lipinski definition) is 2. The highest BCUT2D eigenvalue weighted by Crippen LogP contribution is 2.21. The lowest BCUT2D eigenvalue weighted by Gasteiger charge is -2.18. The molecule has 2 heteroatoms. The molecule has 2 aromatic rings. The molecule has 2 nitrogen and oxygen atoms in total. The second kappa shape index (κ2) is 4.76. The Morgan fingerprint density at radius 2 is 2.18 bits per heavy atom. The van der Waals surface area contributed by atoms with Gasteiger partial charge in [0, 0.05) is 23.5 Å². The zero-order valence-electron chi connectivity index (χ0n) is 9.86. The van der Waals surface area contributed by atoms with Gasteiger partial charge in [-0.25, -0.2) is 0 Å². The molecule has 1 aliphatic rings. The maximum atomic E-state index is 5.53. The molecule has 0 radical (unpaired) electrons. The Hall–Kier alpha value is -1.54. The monoisotopic (exact) mass is 227 g/mol. The fourth-order valence-corrected chi connectivity index (χ4v) is 2.40. The van der Waals surface area contributed by atoms with Crippen molar-refractivity contribution in [3.63, 3.8) is 0 Å². The molecule has 1 unspecified atom stereocenters. The fourth-order valence-electron chi connectivity index (χ4n) is 2.40. The van der Waals surface area contributed by atoms with E-state index in [0.29, 0.717) is 6.04 Å². The van der Waals surface area contributed by atoms with Crippen LogP contribution in [0.1, 0.15) is 24.8 Å². The van der Waals surface area contributed by atoms with Crippen LogP contribution in [-0.4, -0.2) is 6.04 Å². The van der Waals surface area contributed by atoms with Crippen LogP contribution in [0.4, 0.5) is 0 Å². The van der Waals surface area contributed by atoms with Gasteiger partial charge in [-0.3, -0.25) is 0 Å². The van der Waals surface area contributed by atoms with Crippen LogP contribution in [-0.2, 0) is 6.54 Å². The van der Waals surface area contributed by atoms with E-state index in [0.717, 1.165) is 18.5 Å². The Balaban J connectivity index is 1.70. The summed E-state index contributed by atoms with van der Waals surface area (Å²) < 4.78 is 5.53. The summed E-state index contributed by atoms with van der Waals surface area (Å²) in [7, 11) is 0. The highest BCUT2D eigenvalue weighted by molar-refractivity contribution is 5.80. The van der Waals surface area contributed by atoms with Crippen molar-refractivity contribution in [2.45, 2.75) is 31.8 Å². The molecule has 0 aliphatic heterocycles. The van der Waals surface area contributed by atoms with E-state index in [1.807, 2.05) is 18.4 Å². The summed E-state index contributed by atoms with van der Waals surface area (Å²) >= 11 is 0. The fraction of sp³-hybridized carbons (Fsp3) is 0.333. The summed E-state index contributed by atoms with van der Waals surface area (Å²) in [6, 6.07) is 8.83. The quantitative estimate of drug-likeness (QED) is 0.810. The van der Waals surface area contributed by atoms with Crippen LogP contribution in [0.2, 0.25) is 0 Å². The number of rotatable bonds is 3. The van der Waals surface area contributed by atoms with Crippen molar-refractivity contribution in [2.75, 3.05) is 0 Å². The summed E-state index contributed by atoms with van der Waals surface area (Å²) in [5, 5.41) is 4.83. The van der Waals surface area contributed by atoms with Gasteiger partial charge in [0.15, 0.2) is 0 Å². The maximum Gasteiger partial charge on any atom is 0.134 e. The van der Waals surface area contributed by atoms with Crippen LogP contribution in [0.5, 0.6) is 0 Å². The number of hydrogen-bond donors (Lipinski definition) is 1. The van der Waals surface area contributed by atoms with E-state index >= 15 is 0 Å². The number of benzene rings is 1. The molecule has 0 saturated heterocycles. The zero-order chi connectivity index (χ0) is 11.5. The Labute approximate surface area is 101 Å². The van der Waals surface area contributed by atoms with E-state index in [9.17, 15) is 0 Å². The van der Waals surface area contributed by atoms with Crippen molar-refractivity contribution < 1.29 is 4.42 Å². The molecule has 1 atom stereocenters. The van der Waals surface area contributed by atoms with Gasteiger partial charge in [0.25, 0.3) is 0 Å². The lowest BCUT2D eigenvalue weighted by Crippen LogP contribution is -2.28. The van der Waals surface area contributed by atoms with Gasteiger partial charge < -0.3 is 9.73 Å². The first-order valence-electron chi connectivity index (χ1n) is 6.27. The molecule has 17 heavy (non-hydrogen) atoms. The maximum absolute atomic E-state index is 5.53. The highest BCUT2D eigenvalue weighted by Gasteiger charge is 2.10. The number of nitrogens with one attached hydrogen (secondary N) is 1. The summed E-state index contributed by atoms with van der Waals surface area (Å²) in [5.74, 6) is 0. The standard InChI is InChI=1S/C15H17NO/c1-2-6-13(7-3-1)16-10-12-11-17-15-9-5-4-8-14(12)15/h1-2,4-5,8-9,11,13,16H,3,6-7,10H2. The predicted octanol–water partition coefficient (Wildman–Crippen LogP) is 3.63. The van der Waals surface area contributed by atoms with Gasteiger partial charge in [-0.05, 0) is 25.3 Å². The number of allylic oxidation sites excluding steroid dienone is 1. The molecule has 0 saturated carbocycles. The topological polar surface area (TPSA) is 25.2 Å². The highest BCUT2D eigenvalue weighted by atomic mass is 16.3. The minimum absolute atomic E-state index is 0.619. The van der Waals surface area contributed by atoms with Gasteiger partial charge in [0.2, 0.25) is 0 Å². The normalized spacial score (nSPS) is 19.9. The summed E-state index contributed by atoms with van der Waals surface area (Å²) in [6.07, 6.45) is 10.0. The Bertz CT molecular complexity index is 526. The first-order valence-corrected chi connectivity index (χ1v) is 6.27. The number of para-hydroxylation sites is 1. The molecule has 0 amide bonds. The van der Waals surface area contributed by atoms with E-state index in [1.165, 1.54) is 23.8 Å². The third-order valence-electron chi connectivity index (χ3n) is 3.41. The van der Waals surface area contributed by atoms with Crippen LogP contribution in [0.25, 0.3) is 11.0 Å². The van der Waals surface area contributed by atoms with Crippen molar-refractivity contribution in [1.82, 2.24) is 5.32 Å². The number of fused-ring (bicyclic) bond motifs is 1. The molecule has 3 rings (SSSR count). The molecule has 1 aromatic heterocycles. The molecule has 1 heterocycles. The van der Waals surface area contributed by atoms with Crippen LogP contribution >= 0.6 is 0 Å². The summed E-state index contributed by atoms with van der Waals surface area (Å²) in [4.78, 5) is 0. The zero-order valence-corrected chi connectivity index (χ0v) is 9.86. The molecule has 0 bridgehead atoms. The van der Waals surface area contributed by atoms with E-state index in [-0.39, 0.29) is 0 Å². The number of furan rings is 1. The van der Waals surface area contributed by atoms with E-state index in [4.69, 9.17) is 4.42 Å². The Kier molecular flexibility index (Phi) is 2.97. The third-order valence-corrected chi connectivity index (χ3v) is 3.41. The smallest absolute Gasteiger partial charge is 0.134 e. The second-order valence-corrected chi connectivity index (χ2v) is 4.62. The van der Waals surface area contributed by atoms with Gasteiger partial charge in [-0.2, -0.15) is 0 Å². The average Bonchev–Trinajstić information content (AvgIpc) is 2.81. The minimum atomic E-state index is 0.619. The molecule has 1 N–H and O–H groups in total. The Morgan fingerprint density at radius 1 is 1.24 bits per heavy atom. The molecule has 1 aliphatic carbocycles. The first kappa shape index (κ1) is 10.6. The molecule has 0 spiro atoms. The van der Waals surface area contributed by atoms with Crippen LogP contribution in [0.3, 0.4) is 0 Å². The molecular weight excluding hydrogens is 210 g/mol. The second-order valence-electron chi connectivity index (χ2n) is 4.62. The van der Waals surface area contributed by atoms with Crippen LogP contribution in [0, 0.1) is 0 Å². The third kappa shape index (κ3) is 2.27. The van der Waals surface area contributed by atoms with Crippen LogP contribution in [0.15, 0.2) is 47.1 Å². The lowest BCUT2D eigenvalue weighted by molar-refractivity contribution is 0.473. The molecule has 0 fully saturated rings. The van der Waals surface area contributed by atoms with Gasteiger partial charge in [-0.1, -0.05) is 30.4 Å². The van der Waals surface area contributed by atoms with Gasteiger partial charge in [0.1, 0.15) is 5.58 Å². The van der Waals surface area contributed by atoms with Crippen LogP contribution < -0.4 is 5.32 Å². The molecule has 88 valence electrons. The summed E-state index contributed by atoms with van der Waals surface area (Å²) in [6.45, 7) is 0.898.